The van der Waals surface area contributed by atoms with Gasteiger partial charge in [0.15, 0.2) is 0 Å². The topological polar surface area (TPSA) is 95.9 Å². The van der Waals surface area contributed by atoms with Crippen molar-refractivity contribution in [3.8, 4) is 0 Å². The van der Waals surface area contributed by atoms with E-state index in [9.17, 15) is 19.8 Å². The van der Waals surface area contributed by atoms with Gasteiger partial charge in [0.2, 0.25) is 5.91 Å². The zero-order valence-electron chi connectivity index (χ0n) is 44.4. The fourth-order valence-electron chi connectivity index (χ4n) is 9.16. The van der Waals surface area contributed by atoms with Crippen molar-refractivity contribution in [2.75, 3.05) is 13.2 Å². The number of hydrogen-bond acceptors (Lipinski definition) is 5. The Morgan fingerprint density at radius 2 is 0.712 bits per heavy atom. The fourth-order valence-corrected chi connectivity index (χ4v) is 9.16. The van der Waals surface area contributed by atoms with Gasteiger partial charge in [0.05, 0.1) is 25.4 Å². The lowest BCUT2D eigenvalue weighted by Gasteiger charge is -2.20. The summed E-state index contributed by atoms with van der Waals surface area (Å²) in [6, 6.07) is -0.633. The Hall–Kier alpha value is -1.66. The Kier molecular flexibility index (Phi) is 54.5. The molecule has 0 bridgehead atoms. The number of carbonyl (C=O) groups excluding carboxylic acids is 2. The summed E-state index contributed by atoms with van der Waals surface area (Å²) in [5.74, 6) is -0.0703. The minimum Gasteiger partial charge on any atom is -0.466 e. The highest BCUT2D eigenvalue weighted by atomic mass is 16.5. The van der Waals surface area contributed by atoms with Crippen molar-refractivity contribution >= 4 is 11.9 Å². The number of amides is 1. The Bertz CT molecular complexity index is 1030. The molecule has 0 aromatic carbocycles. The van der Waals surface area contributed by atoms with Crippen molar-refractivity contribution < 1.29 is 24.5 Å². The number of unbranched alkanes of at least 4 members (excludes halogenated alkanes) is 42. The average molecular weight is 931 g/mol. The van der Waals surface area contributed by atoms with Crippen molar-refractivity contribution in [2.24, 2.45) is 0 Å². The molecule has 6 nitrogen and oxygen atoms in total. The summed E-state index contributed by atoms with van der Waals surface area (Å²) >= 11 is 0. The molecule has 0 aliphatic carbocycles. The molecular weight excluding hydrogens is 815 g/mol. The van der Waals surface area contributed by atoms with Crippen LogP contribution in [0.1, 0.15) is 322 Å². The smallest absolute Gasteiger partial charge is 0.305 e. The van der Waals surface area contributed by atoms with Crippen LogP contribution in [-0.4, -0.2) is 47.4 Å². The van der Waals surface area contributed by atoms with Gasteiger partial charge < -0.3 is 20.3 Å². The molecule has 0 aromatic heterocycles. The van der Waals surface area contributed by atoms with Crippen LogP contribution in [0, 0.1) is 0 Å². The predicted octanol–water partition coefficient (Wildman–Crippen LogP) is 18.2. The first-order valence-corrected chi connectivity index (χ1v) is 29.6. The molecular formula is C60H115NO5. The van der Waals surface area contributed by atoms with E-state index in [0.717, 1.165) is 44.9 Å². The van der Waals surface area contributed by atoms with Crippen LogP contribution in [0.15, 0.2) is 24.3 Å². The van der Waals surface area contributed by atoms with Gasteiger partial charge in [0, 0.05) is 12.8 Å². The molecule has 0 radical (unpaired) electrons. The first kappa shape index (κ1) is 64.3. The molecule has 2 unspecified atom stereocenters. The van der Waals surface area contributed by atoms with Crippen LogP contribution < -0.4 is 5.32 Å². The van der Waals surface area contributed by atoms with Gasteiger partial charge >= 0.3 is 5.97 Å². The fraction of sp³-hybridized carbons (Fsp3) is 0.900. The molecule has 0 aliphatic rings. The van der Waals surface area contributed by atoms with E-state index in [0.29, 0.717) is 19.4 Å². The summed E-state index contributed by atoms with van der Waals surface area (Å²) in [6.07, 6.45) is 67.8. The third kappa shape index (κ3) is 51.7. The molecule has 0 aliphatic heterocycles. The molecule has 390 valence electrons. The molecule has 66 heavy (non-hydrogen) atoms. The van der Waals surface area contributed by atoms with Crippen LogP contribution in [0.4, 0.5) is 0 Å². The molecule has 0 rings (SSSR count). The number of nitrogens with one attached hydrogen (secondary N) is 1. The van der Waals surface area contributed by atoms with E-state index in [4.69, 9.17) is 4.74 Å². The van der Waals surface area contributed by atoms with Crippen LogP contribution >= 0.6 is 0 Å². The summed E-state index contributed by atoms with van der Waals surface area (Å²) < 4.78 is 5.49. The number of aliphatic hydroxyl groups excluding tert-OH is 2. The number of ether oxygens (including phenoxy) is 1. The Labute approximate surface area is 411 Å². The normalized spacial score (nSPS) is 12.7. The Morgan fingerprint density at radius 1 is 0.409 bits per heavy atom. The van der Waals surface area contributed by atoms with Crippen molar-refractivity contribution in [3.63, 3.8) is 0 Å². The number of esters is 1. The lowest BCUT2D eigenvalue weighted by Crippen LogP contribution is -2.45. The molecule has 0 aromatic rings. The molecule has 3 N–H and O–H groups in total. The van der Waals surface area contributed by atoms with E-state index in [1.54, 1.807) is 6.08 Å². The second kappa shape index (κ2) is 55.9. The molecule has 0 saturated carbocycles. The summed E-state index contributed by atoms with van der Waals surface area (Å²) in [4.78, 5) is 24.5. The highest BCUT2D eigenvalue weighted by Gasteiger charge is 2.18. The van der Waals surface area contributed by atoms with Gasteiger partial charge in [-0.15, -0.1) is 0 Å². The second-order valence-corrected chi connectivity index (χ2v) is 20.3. The van der Waals surface area contributed by atoms with Gasteiger partial charge in [0.1, 0.15) is 0 Å². The van der Waals surface area contributed by atoms with Crippen LogP contribution in [0.25, 0.3) is 0 Å². The maximum Gasteiger partial charge on any atom is 0.305 e. The first-order chi connectivity index (χ1) is 32.5. The highest BCUT2D eigenvalue weighted by molar-refractivity contribution is 5.76. The largest absolute Gasteiger partial charge is 0.466 e. The van der Waals surface area contributed by atoms with E-state index >= 15 is 0 Å². The van der Waals surface area contributed by atoms with Crippen molar-refractivity contribution in [1.29, 1.82) is 0 Å². The Balaban J connectivity index is 3.41. The van der Waals surface area contributed by atoms with Crippen LogP contribution in [0.3, 0.4) is 0 Å². The molecule has 1 amide bonds. The maximum absolute atomic E-state index is 12.4. The maximum atomic E-state index is 12.4. The van der Waals surface area contributed by atoms with Gasteiger partial charge in [-0.3, -0.25) is 9.59 Å². The van der Waals surface area contributed by atoms with Crippen LogP contribution in [-0.2, 0) is 14.3 Å². The summed E-state index contributed by atoms with van der Waals surface area (Å²) in [5, 5.41) is 23.0. The minimum atomic E-state index is -0.849. The van der Waals surface area contributed by atoms with Gasteiger partial charge in [-0.2, -0.15) is 0 Å². The third-order valence-electron chi connectivity index (χ3n) is 13.7. The number of hydrogen-bond donors (Lipinski definition) is 3. The van der Waals surface area contributed by atoms with E-state index < -0.39 is 12.1 Å². The quantitative estimate of drug-likeness (QED) is 0.0321. The number of aliphatic hydroxyl groups is 2. The van der Waals surface area contributed by atoms with Gasteiger partial charge in [-0.1, -0.05) is 276 Å². The molecule has 6 heteroatoms. The number of allylic oxidation sites excluding steroid dienone is 3. The van der Waals surface area contributed by atoms with Gasteiger partial charge in [0.25, 0.3) is 0 Å². The van der Waals surface area contributed by atoms with Crippen LogP contribution in [0.5, 0.6) is 0 Å². The molecule has 0 spiro atoms. The van der Waals surface area contributed by atoms with Gasteiger partial charge in [-0.25, -0.2) is 0 Å². The highest BCUT2D eigenvalue weighted by Crippen LogP contribution is 2.17. The lowest BCUT2D eigenvalue weighted by molar-refractivity contribution is -0.143. The number of rotatable bonds is 55. The molecule has 0 saturated heterocycles. The summed E-state index contributed by atoms with van der Waals surface area (Å²) in [6.45, 7) is 4.89. The first-order valence-electron chi connectivity index (χ1n) is 29.6. The monoisotopic (exact) mass is 930 g/mol. The molecule has 0 heterocycles. The van der Waals surface area contributed by atoms with Crippen molar-refractivity contribution in [2.45, 2.75) is 334 Å². The van der Waals surface area contributed by atoms with Gasteiger partial charge in [-0.05, 0) is 57.8 Å². The van der Waals surface area contributed by atoms with E-state index in [1.807, 2.05) is 6.08 Å². The summed E-state index contributed by atoms with van der Waals surface area (Å²) in [5.41, 5.74) is 0. The molecule has 2 atom stereocenters. The van der Waals surface area contributed by atoms with Crippen molar-refractivity contribution in [3.05, 3.63) is 24.3 Å². The zero-order valence-corrected chi connectivity index (χ0v) is 44.4. The minimum absolute atomic E-state index is 0.00793. The predicted molar refractivity (Wildman–Crippen MR) is 287 cm³/mol. The second-order valence-electron chi connectivity index (χ2n) is 20.3. The van der Waals surface area contributed by atoms with E-state index in [-0.39, 0.29) is 18.5 Å². The Morgan fingerprint density at radius 3 is 1.08 bits per heavy atom. The average Bonchev–Trinajstić information content (AvgIpc) is 3.32. The third-order valence-corrected chi connectivity index (χ3v) is 13.7. The standard InChI is InChI=1S/C60H115NO5/c1-3-5-7-9-11-13-15-16-17-18-20-24-27-30-34-38-42-46-50-54-60(65)66-55-51-47-43-39-35-31-28-25-22-19-21-23-26-29-33-37-41-45-49-53-59(64)61-57(56-62)58(63)52-48-44-40-36-32-14-12-10-8-6-4-2/h19,21,48,52,57-58,62-63H,3-18,20,22-47,49-51,53-56H2,1-2H3,(H,61,64)/b21-19-,52-48+. The van der Waals surface area contributed by atoms with Crippen molar-refractivity contribution in [1.82, 2.24) is 5.32 Å². The van der Waals surface area contributed by atoms with Crippen LogP contribution in [0.2, 0.25) is 0 Å². The number of carbonyl (C=O) groups is 2. The lowest BCUT2D eigenvalue weighted by atomic mass is 10.0. The van der Waals surface area contributed by atoms with E-state index in [1.165, 1.54) is 250 Å². The molecule has 0 fully saturated rings. The summed E-state index contributed by atoms with van der Waals surface area (Å²) in [7, 11) is 0. The SMILES string of the molecule is CCCCCCCCCCC/C=C/C(O)C(CO)NC(=O)CCCCCCCCC/C=C\CCCCCCCCCCOC(=O)CCCCCCCCCCCCCCCCCCCCC. The van der Waals surface area contributed by atoms with E-state index in [2.05, 4.69) is 31.3 Å². The zero-order chi connectivity index (χ0) is 47.9.